The lowest BCUT2D eigenvalue weighted by Gasteiger charge is -2.11. The van der Waals surface area contributed by atoms with Crippen LogP contribution in [0.4, 0.5) is 5.69 Å². The predicted molar refractivity (Wildman–Crippen MR) is 78.5 cm³/mol. The Balaban J connectivity index is 2.25. The third-order valence-electron chi connectivity index (χ3n) is 3.12. The summed E-state index contributed by atoms with van der Waals surface area (Å²) < 4.78 is 5.10. The molecule has 0 bridgehead atoms. The van der Waals surface area contributed by atoms with Crippen molar-refractivity contribution in [3.63, 3.8) is 0 Å². The monoisotopic (exact) mass is 271 g/mol. The molecule has 4 heteroatoms. The number of nitrogens with one attached hydrogen (secondary N) is 1. The van der Waals surface area contributed by atoms with Crippen molar-refractivity contribution in [2.24, 2.45) is 0 Å². The van der Waals surface area contributed by atoms with E-state index in [1.807, 2.05) is 6.92 Å². The van der Waals surface area contributed by atoms with Gasteiger partial charge < -0.3 is 15.2 Å². The first-order chi connectivity index (χ1) is 9.51. The van der Waals surface area contributed by atoms with E-state index in [1.54, 1.807) is 50.4 Å². The molecule has 2 rings (SSSR count). The van der Waals surface area contributed by atoms with Crippen molar-refractivity contribution in [1.82, 2.24) is 0 Å². The second-order valence-corrected chi connectivity index (χ2v) is 4.64. The van der Waals surface area contributed by atoms with Gasteiger partial charge in [0.2, 0.25) is 0 Å². The zero-order valence-electron chi connectivity index (χ0n) is 11.7. The molecule has 2 N–H and O–H groups in total. The Morgan fingerprint density at radius 3 is 2.60 bits per heavy atom. The normalized spacial score (nSPS) is 10.2. The lowest BCUT2D eigenvalue weighted by Crippen LogP contribution is -2.13. The van der Waals surface area contributed by atoms with Crippen molar-refractivity contribution in [3.8, 4) is 11.5 Å². The molecule has 0 saturated heterocycles. The number of hydrogen-bond acceptors (Lipinski definition) is 3. The second kappa shape index (κ2) is 5.65. The maximum Gasteiger partial charge on any atom is 0.255 e. The molecule has 0 saturated carbocycles. The third kappa shape index (κ3) is 2.91. The first kappa shape index (κ1) is 13.9. The van der Waals surface area contributed by atoms with Crippen LogP contribution in [0.25, 0.3) is 0 Å². The molecule has 0 fully saturated rings. The number of ether oxygens (including phenoxy) is 1. The van der Waals surface area contributed by atoms with Crippen LogP contribution >= 0.6 is 0 Å². The molecule has 4 nitrogen and oxygen atoms in total. The van der Waals surface area contributed by atoms with Crippen molar-refractivity contribution in [1.29, 1.82) is 0 Å². The number of anilines is 1. The summed E-state index contributed by atoms with van der Waals surface area (Å²) >= 11 is 0. The summed E-state index contributed by atoms with van der Waals surface area (Å²) in [7, 11) is 1.56. The van der Waals surface area contributed by atoms with Gasteiger partial charge in [0.05, 0.1) is 7.11 Å². The molecule has 0 heterocycles. The van der Waals surface area contributed by atoms with Crippen molar-refractivity contribution in [2.75, 3.05) is 12.4 Å². The molecule has 0 atom stereocenters. The Kier molecular flexibility index (Phi) is 3.94. The van der Waals surface area contributed by atoms with Crippen molar-refractivity contribution in [2.45, 2.75) is 13.8 Å². The van der Waals surface area contributed by atoms with E-state index in [4.69, 9.17) is 4.74 Å². The number of rotatable bonds is 3. The molecule has 0 spiro atoms. The van der Waals surface area contributed by atoms with E-state index < -0.39 is 0 Å². The summed E-state index contributed by atoms with van der Waals surface area (Å²) in [5.74, 6) is 0.648. The summed E-state index contributed by atoms with van der Waals surface area (Å²) in [6.45, 7) is 3.62. The first-order valence-electron chi connectivity index (χ1n) is 6.27. The van der Waals surface area contributed by atoms with Crippen LogP contribution in [0.5, 0.6) is 11.5 Å². The Hall–Kier alpha value is -2.49. The highest BCUT2D eigenvalue weighted by Gasteiger charge is 2.10. The molecular formula is C16H17NO3. The standard InChI is InChI=1S/C16H17NO3/c1-10-8-15(18)11(2)7-14(10)17-16(19)12-5-4-6-13(9-12)20-3/h4-9,18H,1-3H3,(H,17,19). The molecule has 2 aromatic rings. The lowest BCUT2D eigenvalue weighted by atomic mass is 10.1. The minimum Gasteiger partial charge on any atom is -0.508 e. The third-order valence-corrected chi connectivity index (χ3v) is 3.12. The maximum atomic E-state index is 12.2. The number of methoxy groups -OCH3 is 1. The maximum absolute atomic E-state index is 12.2. The van der Waals surface area contributed by atoms with E-state index in [0.29, 0.717) is 17.0 Å². The second-order valence-electron chi connectivity index (χ2n) is 4.64. The van der Waals surface area contributed by atoms with Crippen LogP contribution in [0.1, 0.15) is 21.5 Å². The van der Waals surface area contributed by atoms with Gasteiger partial charge in [0.1, 0.15) is 11.5 Å². The van der Waals surface area contributed by atoms with E-state index in [2.05, 4.69) is 5.32 Å². The molecule has 104 valence electrons. The van der Waals surface area contributed by atoms with Gasteiger partial charge in [0.15, 0.2) is 0 Å². The average molecular weight is 271 g/mol. The number of aromatic hydroxyl groups is 1. The summed E-state index contributed by atoms with van der Waals surface area (Å²) in [6.07, 6.45) is 0. The summed E-state index contributed by atoms with van der Waals surface area (Å²) in [4.78, 5) is 12.2. The number of hydrogen-bond donors (Lipinski definition) is 2. The van der Waals surface area contributed by atoms with Gasteiger partial charge in [-0.2, -0.15) is 0 Å². The fraction of sp³-hybridized carbons (Fsp3) is 0.188. The first-order valence-corrected chi connectivity index (χ1v) is 6.27. The van der Waals surface area contributed by atoms with E-state index >= 15 is 0 Å². The quantitative estimate of drug-likeness (QED) is 0.842. The highest BCUT2D eigenvalue weighted by atomic mass is 16.5. The molecule has 20 heavy (non-hydrogen) atoms. The number of carbonyl (C=O) groups is 1. The van der Waals surface area contributed by atoms with Crippen LogP contribution in [0.3, 0.4) is 0 Å². The lowest BCUT2D eigenvalue weighted by molar-refractivity contribution is 0.102. The highest BCUT2D eigenvalue weighted by molar-refractivity contribution is 6.05. The topological polar surface area (TPSA) is 58.6 Å². The van der Waals surface area contributed by atoms with E-state index in [1.165, 1.54) is 0 Å². The van der Waals surface area contributed by atoms with Crippen LogP contribution in [0, 0.1) is 13.8 Å². The van der Waals surface area contributed by atoms with Gasteiger partial charge in [0.25, 0.3) is 5.91 Å². The number of phenols is 1. The van der Waals surface area contributed by atoms with Gasteiger partial charge in [-0.05, 0) is 55.3 Å². The van der Waals surface area contributed by atoms with E-state index in [9.17, 15) is 9.90 Å². The Morgan fingerprint density at radius 1 is 1.15 bits per heavy atom. The van der Waals surface area contributed by atoms with Crippen molar-refractivity contribution < 1.29 is 14.6 Å². The molecule has 0 aliphatic carbocycles. The molecule has 0 aliphatic heterocycles. The summed E-state index contributed by atoms with van der Waals surface area (Å²) in [6, 6.07) is 10.3. The minimum atomic E-state index is -0.211. The SMILES string of the molecule is COc1cccc(C(=O)Nc2cc(C)c(O)cc2C)c1. The van der Waals surface area contributed by atoms with Crippen LogP contribution in [-0.4, -0.2) is 18.1 Å². The Morgan fingerprint density at radius 2 is 1.90 bits per heavy atom. The summed E-state index contributed by atoms with van der Waals surface area (Å²) in [5, 5.41) is 12.5. The van der Waals surface area contributed by atoms with Gasteiger partial charge in [-0.15, -0.1) is 0 Å². The fourth-order valence-corrected chi connectivity index (χ4v) is 1.89. The van der Waals surface area contributed by atoms with Crippen molar-refractivity contribution >= 4 is 11.6 Å². The largest absolute Gasteiger partial charge is 0.508 e. The van der Waals surface area contributed by atoms with Crippen LogP contribution < -0.4 is 10.1 Å². The molecule has 0 radical (unpaired) electrons. The molecule has 0 unspecified atom stereocenters. The number of carbonyl (C=O) groups excluding carboxylic acids is 1. The van der Waals surface area contributed by atoms with Crippen LogP contribution in [0.2, 0.25) is 0 Å². The highest BCUT2D eigenvalue weighted by Crippen LogP contribution is 2.25. The summed E-state index contributed by atoms with van der Waals surface area (Å²) in [5.41, 5.74) is 2.74. The fourth-order valence-electron chi connectivity index (χ4n) is 1.89. The van der Waals surface area contributed by atoms with Crippen molar-refractivity contribution in [3.05, 3.63) is 53.1 Å². The molecule has 1 amide bonds. The zero-order chi connectivity index (χ0) is 14.7. The number of aryl methyl sites for hydroxylation is 2. The number of benzene rings is 2. The average Bonchev–Trinajstić information content (AvgIpc) is 2.44. The van der Waals surface area contributed by atoms with Gasteiger partial charge in [-0.25, -0.2) is 0 Å². The predicted octanol–water partition coefficient (Wildman–Crippen LogP) is 3.27. The Bertz CT molecular complexity index is 650. The van der Waals surface area contributed by atoms with Crippen LogP contribution in [0.15, 0.2) is 36.4 Å². The molecule has 0 aromatic heterocycles. The molecule has 2 aromatic carbocycles. The molecular weight excluding hydrogens is 254 g/mol. The van der Waals surface area contributed by atoms with Gasteiger partial charge in [-0.1, -0.05) is 6.07 Å². The Labute approximate surface area is 118 Å². The van der Waals surface area contributed by atoms with Gasteiger partial charge >= 0.3 is 0 Å². The van der Waals surface area contributed by atoms with E-state index in [-0.39, 0.29) is 11.7 Å². The van der Waals surface area contributed by atoms with Gasteiger partial charge in [-0.3, -0.25) is 4.79 Å². The van der Waals surface area contributed by atoms with E-state index in [0.717, 1.165) is 11.1 Å². The number of amides is 1. The minimum absolute atomic E-state index is 0.211. The number of phenolic OH excluding ortho intramolecular Hbond substituents is 1. The van der Waals surface area contributed by atoms with Crippen LogP contribution in [-0.2, 0) is 0 Å². The smallest absolute Gasteiger partial charge is 0.255 e. The molecule has 0 aliphatic rings. The van der Waals surface area contributed by atoms with Gasteiger partial charge in [0, 0.05) is 11.3 Å². The zero-order valence-corrected chi connectivity index (χ0v) is 11.7.